The molecule has 0 saturated heterocycles. The van der Waals surface area contributed by atoms with Crippen molar-refractivity contribution in [3.8, 4) is 0 Å². The molecule has 1 amide bonds. The first-order chi connectivity index (χ1) is 18.4. The molecule has 0 radical (unpaired) electrons. The lowest BCUT2D eigenvalue weighted by molar-refractivity contribution is -0.116. The lowest BCUT2D eigenvalue weighted by Gasteiger charge is -2.09. The number of unbranched alkanes of at least 4 members (excludes halogenated alkanes) is 1. The van der Waals surface area contributed by atoms with Crippen LogP contribution >= 0.6 is 11.3 Å². The van der Waals surface area contributed by atoms with Crippen molar-refractivity contribution in [3.63, 3.8) is 0 Å². The van der Waals surface area contributed by atoms with Crippen LogP contribution in [0.2, 0.25) is 0 Å². The van der Waals surface area contributed by atoms with E-state index in [0.29, 0.717) is 33.1 Å². The largest absolute Gasteiger partial charge is 0.462 e. The zero-order valence-electron chi connectivity index (χ0n) is 21.1. The Morgan fingerprint density at radius 1 is 1.03 bits per heavy atom. The Bertz CT molecular complexity index is 1530. The molecule has 0 unspecified atom stereocenters. The van der Waals surface area contributed by atoms with Crippen LogP contribution in [0.4, 0.5) is 5.69 Å². The fourth-order valence-electron chi connectivity index (χ4n) is 3.73. The van der Waals surface area contributed by atoms with E-state index in [2.05, 4.69) is 10.3 Å². The van der Waals surface area contributed by atoms with Crippen LogP contribution in [-0.2, 0) is 27.4 Å². The second-order valence-electron chi connectivity index (χ2n) is 8.59. The average molecular weight is 534 g/mol. The number of amides is 1. The molecule has 38 heavy (non-hydrogen) atoms. The number of aryl methyl sites for hydroxylation is 1. The average Bonchev–Trinajstić information content (AvgIpc) is 3.26. The van der Waals surface area contributed by atoms with Gasteiger partial charge in [0.05, 0.1) is 23.9 Å². The van der Waals surface area contributed by atoms with Gasteiger partial charge in [0.25, 0.3) is 5.56 Å². The summed E-state index contributed by atoms with van der Waals surface area (Å²) in [6, 6.07) is 15.7. The fourth-order valence-corrected chi connectivity index (χ4v) is 4.76. The summed E-state index contributed by atoms with van der Waals surface area (Å²) < 4.78 is 11.8. The van der Waals surface area contributed by atoms with E-state index in [0.717, 1.165) is 29.7 Å². The molecule has 4 rings (SSSR count). The van der Waals surface area contributed by atoms with Gasteiger partial charge in [0.1, 0.15) is 22.9 Å². The van der Waals surface area contributed by atoms with Gasteiger partial charge in [-0.3, -0.25) is 14.2 Å². The molecule has 0 aliphatic carbocycles. The number of rotatable bonds is 10. The molecule has 1 N–H and O–H groups in total. The highest BCUT2D eigenvalue weighted by molar-refractivity contribution is 7.20. The standard InChI is InChI=1S/C28H27N3O6S/c1-3-4-13-36-27(34)20-11-8-12-21(14-20)30-22(32)15-31-17-29-25-23(26(31)33)18(2)24(38-25)28(35)37-16-19-9-6-5-7-10-19/h5-12,14,17H,3-4,13,15-16H2,1-2H3,(H,30,32). The molecule has 0 aliphatic heterocycles. The molecule has 196 valence electrons. The topological polar surface area (TPSA) is 117 Å². The maximum Gasteiger partial charge on any atom is 0.349 e. The van der Waals surface area contributed by atoms with Crippen LogP contribution in [0.5, 0.6) is 0 Å². The third kappa shape index (κ3) is 6.33. The first-order valence-electron chi connectivity index (χ1n) is 12.1. The summed E-state index contributed by atoms with van der Waals surface area (Å²) in [6.45, 7) is 3.82. The summed E-state index contributed by atoms with van der Waals surface area (Å²) in [4.78, 5) is 55.7. The van der Waals surface area contributed by atoms with Gasteiger partial charge < -0.3 is 14.8 Å². The molecular formula is C28H27N3O6S. The molecule has 0 saturated carbocycles. The van der Waals surface area contributed by atoms with Crippen LogP contribution in [-0.4, -0.2) is 34.0 Å². The van der Waals surface area contributed by atoms with E-state index in [1.165, 1.54) is 17.0 Å². The number of esters is 2. The van der Waals surface area contributed by atoms with Crippen molar-refractivity contribution >= 4 is 45.1 Å². The van der Waals surface area contributed by atoms with Crippen molar-refractivity contribution in [2.45, 2.75) is 39.8 Å². The molecule has 9 nitrogen and oxygen atoms in total. The minimum atomic E-state index is -0.536. The number of nitrogens with one attached hydrogen (secondary N) is 1. The second kappa shape index (κ2) is 12.3. The molecule has 10 heteroatoms. The first kappa shape index (κ1) is 26.7. The monoisotopic (exact) mass is 533 g/mol. The van der Waals surface area contributed by atoms with Gasteiger partial charge in [0.2, 0.25) is 5.91 Å². The highest BCUT2D eigenvalue weighted by atomic mass is 32.1. The van der Waals surface area contributed by atoms with Crippen LogP contribution in [0.25, 0.3) is 10.2 Å². The van der Waals surface area contributed by atoms with Gasteiger partial charge in [-0.25, -0.2) is 14.6 Å². The van der Waals surface area contributed by atoms with E-state index < -0.39 is 23.4 Å². The lowest BCUT2D eigenvalue weighted by Crippen LogP contribution is -2.28. The van der Waals surface area contributed by atoms with Crippen LogP contribution in [0.3, 0.4) is 0 Å². The molecule has 0 spiro atoms. The predicted octanol–water partition coefficient (Wildman–Crippen LogP) is 4.72. The number of thiophene rings is 1. The molecule has 0 atom stereocenters. The number of ether oxygens (including phenoxy) is 2. The Morgan fingerprint density at radius 2 is 1.82 bits per heavy atom. The maximum absolute atomic E-state index is 13.2. The number of hydrogen-bond donors (Lipinski definition) is 1. The number of carbonyl (C=O) groups is 3. The van der Waals surface area contributed by atoms with E-state index in [1.54, 1.807) is 25.1 Å². The van der Waals surface area contributed by atoms with Crippen molar-refractivity contribution in [2.75, 3.05) is 11.9 Å². The Hall–Kier alpha value is -4.31. The summed E-state index contributed by atoms with van der Waals surface area (Å²) >= 11 is 1.08. The smallest absolute Gasteiger partial charge is 0.349 e. The Balaban J connectivity index is 1.45. The molecule has 0 aliphatic rings. The first-order valence-corrected chi connectivity index (χ1v) is 13.0. The third-order valence-corrected chi connectivity index (χ3v) is 6.92. The predicted molar refractivity (Wildman–Crippen MR) is 144 cm³/mol. The lowest BCUT2D eigenvalue weighted by atomic mass is 10.2. The highest BCUT2D eigenvalue weighted by Crippen LogP contribution is 2.27. The Morgan fingerprint density at radius 3 is 2.58 bits per heavy atom. The molecule has 0 fully saturated rings. The van der Waals surface area contributed by atoms with Gasteiger partial charge in [0.15, 0.2) is 0 Å². The van der Waals surface area contributed by atoms with Crippen molar-refractivity contribution < 1.29 is 23.9 Å². The summed E-state index contributed by atoms with van der Waals surface area (Å²) in [6.07, 6.45) is 2.96. The minimum absolute atomic E-state index is 0.114. The highest BCUT2D eigenvalue weighted by Gasteiger charge is 2.21. The Labute approximate surface area is 223 Å². The van der Waals surface area contributed by atoms with Crippen LogP contribution in [0.1, 0.15) is 50.9 Å². The molecule has 4 aromatic rings. The molecule has 2 aromatic carbocycles. The quantitative estimate of drug-likeness (QED) is 0.232. The van der Waals surface area contributed by atoms with Crippen LogP contribution in [0.15, 0.2) is 65.7 Å². The van der Waals surface area contributed by atoms with Crippen LogP contribution in [0, 0.1) is 6.92 Å². The van der Waals surface area contributed by atoms with Crippen LogP contribution < -0.4 is 10.9 Å². The Kier molecular flexibility index (Phi) is 8.65. The normalized spacial score (nSPS) is 10.8. The summed E-state index contributed by atoms with van der Waals surface area (Å²) in [5.41, 5.74) is 1.60. The molecular weight excluding hydrogens is 506 g/mol. The van der Waals surface area contributed by atoms with Crippen molar-refractivity contribution in [1.82, 2.24) is 9.55 Å². The second-order valence-corrected chi connectivity index (χ2v) is 9.59. The van der Waals surface area contributed by atoms with Gasteiger partial charge in [-0.2, -0.15) is 0 Å². The van der Waals surface area contributed by atoms with Gasteiger partial charge in [-0.05, 0) is 42.7 Å². The zero-order valence-corrected chi connectivity index (χ0v) is 21.9. The summed E-state index contributed by atoms with van der Waals surface area (Å²) in [5.74, 6) is -1.47. The summed E-state index contributed by atoms with van der Waals surface area (Å²) in [7, 11) is 0. The third-order valence-electron chi connectivity index (χ3n) is 5.74. The van der Waals surface area contributed by atoms with Crippen molar-refractivity contribution in [2.24, 2.45) is 0 Å². The van der Waals surface area contributed by atoms with Gasteiger partial charge in [0, 0.05) is 5.69 Å². The maximum atomic E-state index is 13.2. The van der Waals surface area contributed by atoms with Gasteiger partial charge in [-0.1, -0.05) is 49.7 Å². The molecule has 2 heterocycles. The van der Waals surface area contributed by atoms with Gasteiger partial charge in [-0.15, -0.1) is 11.3 Å². The van der Waals surface area contributed by atoms with Crippen molar-refractivity contribution in [1.29, 1.82) is 0 Å². The number of hydrogen-bond acceptors (Lipinski definition) is 8. The SMILES string of the molecule is CCCCOC(=O)c1cccc(NC(=O)Cn2cnc3sc(C(=O)OCc4ccccc4)c(C)c3c2=O)c1. The number of fused-ring (bicyclic) bond motifs is 1. The number of nitrogens with zero attached hydrogens (tertiary/aromatic N) is 2. The molecule has 0 bridgehead atoms. The summed E-state index contributed by atoms with van der Waals surface area (Å²) in [5, 5.41) is 2.96. The fraction of sp³-hybridized carbons (Fsp3) is 0.250. The number of benzene rings is 2. The van der Waals surface area contributed by atoms with E-state index in [1.807, 2.05) is 37.3 Å². The van der Waals surface area contributed by atoms with E-state index in [-0.39, 0.29) is 18.5 Å². The number of anilines is 1. The van der Waals surface area contributed by atoms with Crippen molar-refractivity contribution in [3.05, 3.63) is 92.8 Å². The van der Waals surface area contributed by atoms with E-state index in [4.69, 9.17) is 9.47 Å². The van der Waals surface area contributed by atoms with E-state index >= 15 is 0 Å². The van der Waals surface area contributed by atoms with E-state index in [9.17, 15) is 19.2 Å². The number of aromatic nitrogens is 2. The zero-order chi connectivity index (χ0) is 27.1. The van der Waals surface area contributed by atoms with Gasteiger partial charge >= 0.3 is 11.9 Å². The molecule has 2 aromatic heterocycles. The number of carbonyl (C=O) groups excluding carboxylic acids is 3. The minimum Gasteiger partial charge on any atom is -0.462 e.